The number of carbonyl (C=O) groups excluding carboxylic acids is 3. The van der Waals surface area contributed by atoms with E-state index in [0.29, 0.717) is 5.56 Å². The number of nitrogens with one attached hydrogen (secondary N) is 1. The molecule has 1 N–H and O–H groups in total. The Kier molecular flexibility index (Phi) is 7.50. The Morgan fingerprint density at radius 1 is 0.964 bits per heavy atom. The van der Waals surface area contributed by atoms with Gasteiger partial charge in [-0.05, 0) is 49.1 Å². The van der Waals surface area contributed by atoms with Gasteiger partial charge in [0, 0.05) is 31.1 Å². The molecule has 0 aromatic heterocycles. The third-order valence-corrected chi connectivity index (χ3v) is 4.87. The van der Waals surface area contributed by atoms with Crippen LogP contribution in [0.3, 0.4) is 0 Å². The number of benzene rings is 2. The lowest BCUT2D eigenvalue weighted by molar-refractivity contribution is -0.133. The van der Waals surface area contributed by atoms with Gasteiger partial charge in [-0.1, -0.05) is 37.3 Å². The van der Waals surface area contributed by atoms with E-state index in [1.807, 2.05) is 57.2 Å². The lowest BCUT2D eigenvalue weighted by Gasteiger charge is -2.17. The number of hydrogen-bond acceptors (Lipinski definition) is 3. The normalized spacial score (nSPS) is 10.4. The van der Waals surface area contributed by atoms with Crippen LogP contribution < -0.4 is 5.32 Å². The first-order valence-electron chi connectivity index (χ1n) is 9.54. The minimum atomic E-state index is -0.253. The van der Waals surface area contributed by atoms with Crippen molar-refractivity contribution in [2.75, 3.05) is 18.9 Å². The Labute approximate surface area is 166 Å². The minimum Gasteiger partial charge on any atom is -0.336 e. The maximum absolute atomic E-state index is 12.3. The van der Waals surface area contributed by atoms with Crippen molar-refractivity contribution in [3.05, 3.63) is 64.7 Å². The predicted molar refractivity (Wildman–Crippen MR) is 112 cm³/mol. The molecule has 148 valence electrons. The standard InChI is InChI=1S/C23H28N2O3/c1-5-18-8-6-7-9-20(18)24-22(27)15-25(4)23(28)13-12-21(26)19-11-10-16(2)17(3)14-19/h6-11,14H,5,12-13,15H2,1-4H3,(H,24,27). The number of hydrogen-bond donors (Lipinski definition) is 1. The maximum atomic E-state index is 12.3. The highest BCUT2D eigenvalue weighted by molar-refractivity contribution is 5.99. The fraction of sp³-hybridized carbons (Fsp3) is 0.348. The first-order chi connectivity index (χ1) is 13.3. The van der Waals surface area contributed by atoms with E-state index < -0.39 is 0 Å². The molecule has 0 radical (unpaired) electrons. The zero-order valence-corrected chi connectivity index (χ0v) is 17.0. The van der Waals surface area contributed by atoms with E-state index >= 15 is 0 Å². The van der Waals surface area contributed by atoms with Crippen molar-refractivity contribution in [1.29, 1.82) is 0 Å². The molecular weight excluding hydrogens is 352 g/mol. The Bertz CT molecular complexity index is 874. The smallest absolute Gasteiger partial charge is 0.243 e. The number of nitrogens with zero attached hydrogens (tertiary/aromatic N) is 1. The van der Waals surface area contributed by atoms with Gasteiger partial charge < -0.3 is 10.2 Å². The van der Waals surface area contributed by atoms with Gasteiger partial charge in [-0.15, -0.1) is 0 Å². The molecule has 0 aliphatic rings. The molecule has 0 aliphatic heterocycles. The molecule has 0 bridgehead atoms. The number of para-hydroxylation sites is 1. The molecule has 0 fully saturated rings. The molecule has 5 heteroatoms. The number of rotatable bonds is 8. The van der Waals surface area contributed by atoms with E-state index in [4.69, 9.17) is 0 Å². The molecule has 28 heavy (non-hydrogen) atoms. The van der Waals surface area contributed by atoms with Gasteiger partial charge in [-0.25, -0.2) is 0 Å². The van der Waals surface area contributed by atoms with Gasteiger partial charge >= 0.3 is 0 Å². The number of ketones is 1. The van der Waals surface area contributed by atoms with Crippen molar-refractivity contribution < 1.29 is 14.4 Å². The van der Waals surface area contributed by atoms with Crippen LogP contribution in [0.4, 0.5) is 5.69 Å². The molecule has 0 saturated carbocycles. The molecule has 0 unspecified atom stereocenters. The molecule has 0 saturated heterocycles. The summed E-state index contributed by atoms with van der Waals surface area (Å²) >= 11 is 0. The van der Waals surface area contributed by atoms with Crippen LogP contribution in [0.15, 0.2) is 42.5 Å². The third kappa shape index (κ3) is 5.78. The Hall–Kier alpha value is -2.95. The van der Waals surface area contributed by atoms with Crippen LogP contribution in [-0.2, 0) is 16.0 Å². The van der Waals surface area contributed by atoms with Gasteiger partial charge in [-0.2, -0.15) is 0 Å². The zero-order chi connectivity index (χ0) is 20.7. The minimum absolute atomic E-state index is 0.0469. The number of carbonyl (C=O) groups is 3. The van der Waals surface area contributed by atoms with Crippen LogP contribution >= 0.6 is 0 Å². The Morgan fingerprint density at radius 2 is 1.68 bits per heavy atom. The van der Waals surface area contributed by atoms with Crippen LogP contribution in [-0.4, -0.2) is 36.1 Å². The summed E-state index contributed by atoms with van der Waals surface area (Å²) in [4.78, 5) is 38.2. The zero-order valence-electron chi connectivity index (χ0n) is 17.0. The second-order valence-corrected chi connectivity index (χ2v) is 7.03. The predicted octanol–water partition coefficient (Wildman–Crippen LogP) is 3.93. The first kappa shape index (κ1) is 21.4. The summed E-state index contributed by atoms with van der Waals surface area (Å²) in [5, 5.41) is 2.85. The van der Waals surface area contributed by atoms with Crippen LogP contribution in [0.5, 0.6) is 0 Å². The van der Waals surface area contributed by atoms with Gasteiger partial charge in [-0.3, -0.25) is 14.4 Å². The van der Waals surface area contributed by atoms with Crippen LogP contribution in [0.25, 0.3) is 0 Å². The van der Waals surface area contributed by atoms with Gasteiger partial charge in [0.2, 0.25) is 11.8 Å². The topological polar surface area (TPSA) is 66.5 Å². The fourth-order valence-electron chi connectivity index (χ4n) is 2.91. The third-order valence-electron chi connectivity index (χ3n) is 4.87. The monoisotopic (exact) mass is 380 g/mol. The van der Waals surface area contributed by atoms with Crippen molar-refractivity contribution >= 4 is 23.3 Å². The van der Waals surface area contributed by atoms with Crippen molar-refractivity contribution in [2.45, 2.75) is 40.0 Å². The highest BCUT2D eigenvalue weighted by Gasteiger charge is 2.16. The van der Waals surface area contributed by atoms with Gasteiger partial charge in [0.1, 0.15) is 0 Å². The van der Waals surface area contributed by atoms with Crippen LogP contribution in [0.1, 0.15) is 46.8 Å². The molecule has 2 rings (SSSR count). The van der Waals surface area contributed by atoms with E-state index in [1.54, 1.807) is 13.1 Å². The molecular formula is C23H28N2O3. The molecule has 0 heterocycles. The second-order valence-electron chi connectivity index (χ2n) is 7.03. The van der Waals surface area contributed by atoms with Gasteiger partial charge in [0.15, 0.2) is 5.78 Å². The average molecular weight is 380 g/mol. The molecule has 0 atom stereocenters. The van der Waals surface area contributed by atoms with E-state index in [-0.39, 0.29) is 37.0 Å². The highest BCUT2D eigenvalue weighted by Crippen LogP contribution is 2.16. The number of anilines is 1. The average Bonchev–Trinajstić information content (AvgIpc) is 2.68. The number of aryl methyl sites for hydroxylation is 3. The van der Waals surface area contributed by atoms with E-state index in [1.165, 1.54) is 4.90 Å². The summed E-state index contributed by atoms with van der Waals surface area (Å²) in [6.07, 6.45) is 1.03. The lowest BCUT2D eigenvalue weighted by atomic mass is 10.0. The van der Waals surface area contributed by atoms with E-state index in [9.17, 15) is 14.4 Å². The summed E-state index contributed by atoms with van der Waals surface area (Å²) in [6.45, 7) is 5.92. The van der Waals surface area contributed by atoms with Crippen molar-refractivity contribution in [3.63, 3.8) is 0 Å². The van der Waals surface area contributed by atoms with Gasteiger partial charge in [0.25, 0.3) is 0 Å². The SMILES string of the molecule is CCc1ccccc1NC(=O)CN(C)C(=O)CCC(=O)c1ccc(C)c(C)c1. The molecule has 2 aromatic carbocycles. The Morgan fingerprint density at radius 3 is 2.36 bits per heavy atom. The molecule has 0 spiro atoms. The highest BCUT2D eigenvalue weighted by atomic mass is 16.2. The van der Waals surface area contributed by atoms with Crippen LogP contribution in [0.2, 0.25) is 0 Å². The Balaban J connectivity index is 1.85. The number of Topliss-reactive ketones (excluding diaryl/α,β-unsaturated/α-hetero) is 1. The van der Waals surface area contributed by atoms with Crippen molar-refractivity contribution in [1.82, 2.24) is 4.90 Å². The van der Waals surface area contributed by atoms with Crippen molar-refractivity contribution in [2.24, 2.45) is 0 Å². The molecule has 0 aliphatic carbocycles. The summed E-state index contributed by atoms with van der Waals surface area (Å²) in [6, 6.07) is 13.2. The molecule has 5 nitrogen and oxygen atoms in total. The summed E-state index contributed by atoms with van der Waals surface area (Å²) in [5.74, 6) is -0.542. The number of likely N-dealkylation sites (N-methyl/N-ethyl adjacent to an activating group) is 1. The van der Waals surface area contributed by atoms with Crippen molar-refractivity contribution in [3.8, 4) is 0 Å². The lowest BCUT2D eigenvalue weighted by Crippen LogP contribution is -2.35. The second kappa shape index (κ2) is 9.83. The maximum Gasteiger partial charge on any atom is 0.243 e. The van der Waals surface area contributed by atoms with E-state index in [0.717, 1.165) is 28.8 Å². The molecule has 2 aromatic rings. The number of amides is 2. The van der Waals surface area contributed by atoms with Crippen LogP contribution in [0, 0.1) is 13.8 Å². The largest absolute Gasteiger partial charge is 0.336 e. The van der Waals surface area contributed by atoms with Gasteiger partial charge in [0.05, 0.1) is 6.54 Å². The summed E-state index contributed by atoms with van der Waals surface area (Å²) in [7, 11) is 1.58. The molecule has 2 amide bonds. The summed E-state index contributed by atoms with van der Waals surface area (Å²) in [5.41, 5.74) is 4.61. The fourth-order valence-corrected chi connectivity index (χ4v) is 2.91. The summed E-state index contributed by atoms with van der Waals surface area (Å²) < 4.78 is 0. The first-order valence-corrected chi connectivity index (χ1v) is 9.54. The quantitative estimate of drug-likeness (QED) is 0.706. The van der Waals surface area contributed by atoms with E-state index in [2.05, 4.69) is 5.32 Å².